The van der Waals surface area contributed by atoms with E-state index in [1.54, 1.807) is 6.26 Å². The molecule has 0 radical (unpaired) electrons. The van der Waals surface area contributed by atoms with Crippen LogP contribution in [0.15, 0.2) is 34.9 Å². The summed E-state index contributed by atoms with van der Waals surface area (Å²) in [6.45, 7) is 2.92. The predicted molar refractivity (Wildman–Crippen MR) is 76.9 cm³/mol. The molecular weight excluding hydrogens is 252 g/mol. The zero-order valence-corrected chi connectivity index (χ0v) is 11.8. The fourth-order valence-electron chi connectivity index (χ4n) is 2.07. The molecule has 0 saturated heterocycles. The quantitative estimate of drug-likeness (QED) is 0.835. The highest BCUT2D eigenvalue weighted by Gasteiger charge is 2.20. The lowest BCUT2D eigenvalue weighted by atomic mass is 10.1. The highest BCUT2D eigenvalue weighted by Crippen LogP contribution is 2.22. The van der Waals surface area contributed by atoms with Gasteiger partial charge in [0, 0.05) is 12.6 Å². The van der Waals surface area contributed by atoms with Crippen molar-refractivity contribution < 1.29 is 9.15 Å². The molecule has 0 aliphatic heterocycles. The molecule has 3 rings (SSSR count). The number of aryl methyl sites for hydroxylation is 1. The van der Waals surface area contributed by atoms with E-state index >= 15 is 0 Å². The molecule has 0 bridgehead atoms. The van der Waals surface area contributed by atoms with E-state index in [1.165, 1.54) is 18.4 Å². The molecule has 0 spiro atoms. The summed E-state index contributed by atoms with van der Waals surface area (Å²) in [6, 6.07) is 8.74. The van der Waals surface area contributed by atoms with Crippen LogP contribution in [0.25, 0.3) is 0 Å². The zero-order valence-electron chi connectivity index (χ0n) is 11.8. The number of benzene rings is 1. The van der Waals surface area contributed by atoms with Crippen LogP contribution in [-0.2, 0) is 13.0 Å². The van der Waals surface area contributed by atoms with Gasteiger partial charge in [0.25, 0.3) is 0 Å². The number of hydrogen-bond donors (Lipinski definition) is 1. The van der Waals surface area contributed by atoms with Crippen LogP contribution < -0.4 is 10.1 Å². The molecule has 106 valence electrons. The molecule has 1 N–H and O–H groups in total. The van der Waals surface area contributed by atoms with Gasteiger partial charge >= 0.3 is 6.08 Å². The average Bonchev–Trinajstić information content (AvgIpc) is 3.19. The SMILES string of the molecule is CCCc1ccc(Oc2nc(CNC3CC3)co2)cc1. The van der Waals surface area contributed by atoms with E-state index in [-0.39, 0.29) is 0 Å². The number of oxazole rings is 1. The number of nitrogens with one attached hydrogen (secondary N) is 1. The predicted octanol–water partition coefficient (Wildman–Crippen LogP) is 3.67. The first-order valence-electron chi connectivity index (χ1n) is 7.28. The van der Waals surface area contributed by atoms with E-state index in [2.05, 4.69) is 29.4 Å². The van der Waals surface area contributed by atoms with Crippen molar-refractivity contribution in [2.24, 2.45) is 0 Å². The molecule has 1 aliphatic carbocycles. The van der Waals surface area contributed by atoms with E-state index in [1.807, 2.05) is 12.1 Å². The van der Waals surface area contributed by atoms with Gasteiger partial charge in [0.1, 0.15) is 12.0 Å². The average molecular weight is 272 g/mol. The Bertz CT molecular complexity index is 544. The number of aromatic nitrogens is 1. The van der Waals surface area contributed by atoms with Gasteiger partial charge in [-0.3, -0.25) is 0 Å². The van der Waals surface area contributed by atoms with Crippen LogP contribution in [-0.4, -0.2) is 11.0 Å². The second kappa shape index (κ2) is 6.09. The molecule has 4 heteroatoms. The first-order valence-corrected chi connectivity index (χ1v) is 7.28. The lowest BCUT2D eigenvalue weighted by molar-refractivity contribution is 0.330. The Balaban J connectivity index is 1.56. The van der Waals surface area contributed by atoms with Crippen molar-refractivity contribution in [3.63, 3.8) is 0 Å². The van der Waals surface area contributed by atoms with Crippen LogP contribution >= 0.6 is 0 Å². The van der Waals surface area contributed by atoms with Crippen molar-refractivity contribution >= 4 is 0 Å². The first kappa shape index (κ1) is 13.2. The van der Waals surface area contributed by atoms with Crippen LogP contribution in [0.3, 0.4) is 0 Å². The first-order chi connectivity index (χ1) is 9.83. The number of ether oxygens (including phenoxy) is 1. The maximum atomic E-state index is 5.61. The molecule has 1 saturated carbocycles. The summed E-state index contributed by atoms with van der Waals surface area (Å²) in [7, 11) is 0. The van der Waals surface area contributed by atoms with Crippen molar-refractivity contribution in [2.75, 3.05) is 0 Å². The number of hydrogen-bond acceptors (Lipinski definition) is 4. The Morgan fingerprint density at radius 3 is 2.80 bits per heavy atom. The molecule has 4 nitrogen and oxygen atoms in total. The van der Waals surface area contributed by atoms with Crippen molar-refractivity contribution in [1.29, 1.82) is 0 Å². The minimum absolute atomic E-state index is 0.306. The Hall–Kier alpha value is -1.81. The smallest absolute Gasteiger partial charge is 0.399 e. The zero-order chi connectivity index (χ0) is 13.8. The molecule has 2 aromatic rings. The Kier molecular flexibility index (Phi) is 4.02. The minimum Gasteiger partial charge on any atom is -0.417 e. The summed E-state index contributed by atoms with van der Waals surface area (Å²) < 4.78 is 10.9. The van der Waals surface area contributed by atoms with Gasteiger partial charge in [-0.25, -0.2) is 0 Å². The summed E-state index contributed by atoms with van der Waals surface area (Å²) in [6.07, 6.45) is 6.74. The molecule has 1 aromatic heterocycles. The van der Waals surface area contributed by atoms with Crippen molar-refractivity contribution in [2.45, 2.75) is 45.2 Å². The Labute approximate surface area is 119 Å². The largest absolute Gasteiger partial charge is 0.417 e. The highest BCUT2D eigenvalue weighted by molar-refractivity contribution is 5.29. The molecule has 0 unspecified atom stereocenters. The maximum absolute atomic E-state index is 5.61. The minimum atomic E-state index is 0.306. The third-order valence-corrected chi connectivity index (χ3v) is 3.35. The van der Waals surface area contributed by atoms with Gasteiger partial charge < -0.3 is 14.5 Å². The van der Waals surface area contributed by atoms with Gasteiger partial charge in [0.15, 0.2) is 0 Å². The van der Waals surface area contributed by atoms with Crippen LogP contribution in [0.4, 0.5) is 0 Å². The fraction of sp³-hybridized carbons (Fsp3) is 0.438. The van der Waals surface area contributed by atoms with Gasteiger partial charge in [-0.2, -0.15) is 4.98 Å². The summed E-state index contributed by atoms with van der Waals surface area (Å²) in [4.78, 5) is 4.31. The second-order valence-electron chi connectivity index (χ2n) is 5.26. The molecule has 0 atom stereocenters. The topological polar surface area (TPSA) is 47.3 Å². The van der Waals surface area contributed by atoms with Gasteiger partial charge in [0.2, 0.25) is 0 Å². The molecular formula is C16H20N2O2. The number of nitrogens with zero attached hydrogens (tertiary/aromatic N) is 1. The van der Waals surface area contributed by atoms with Crippen LogP contribution in [0, 0.1) is 0 Å². The fourth-order valence-corrected chi connectivity index (χ4v) is 2.07. The molecule has 1 aromatic carbocycles. The van der Waals surface area contributed by atoms with E-state index in [4.69, 9.17) is 9.15 Å². The van der Waals surface area contributed by atoms with E-state index in [0.717, 1.165) is 30.8 Å². The van der Waals surface area contributed by atoms with Crippen molar-refractivity contribution in [3.05, 3.63) is 41.8 Å². The standard InChI is InChI=1S/C16H20N2O2/c1-2-3-12-4-8-15(9-5-12)20-16-18-14(11-19-16)10-17-13-6-7-13/h4-5,8-9,11,13,17H,2-3,6-7,10H2,1H3. The van der Waals surface area contributed by atoms with Gasteiger partial charge in [-0.05, 0) is 37.0 Å². The molecule has 1 heterocycles. The molecule has 20 heavy (non-hydrogen) atoms. The van der Waals surface area contributed by atoms with Crippen LogP contribution in [0.5, 0.6) is 11.8 Å². The molecule has 1 fully saturated rings. The van der Waals surface area contributed by atoms with Gasteiger partial charge in [-0.15, -0.1) is 0 Å². The van der Waals surface area contributed by atoms with Crippen molar-refractivity contribution in [1.82, 2.24) is 10.3 Å². The van der Waals surface area contributed by atoms with Crippen molar-refractivity contribution in [3.8, 4) is 11.8 Å². The van der Waals surface area contributed by atoms with E-state index < -0.39 is 0 Å². The highest BCUT2D eigenvalue weighted by atomic mass is 16.6. The third-order valence-electron chi connectivity index (χ3n) is 3.35. The number of rotatable bonds is 7. The Morgan fingerprint density at radius 1 is 1.30 bits per heavy atom. The third kappa shape index (κ3) is 3.61. The lowest BCUT2D eigenvalue weighted by Crippen LogP contribution is -2.15. The summed E-state index contributed by atoms with van der Waals surface area (Å²) in [5.41, 5.74) is 2.20. The monoisotopic (exact) mass is 272 g/mol. The summed E-state index contributed by atoms with van der Waals surface area (Å²) in [5.74, 6) is 0.758. The van der Waals surface area contributed by atoms with Crippen LogP contribution in [0.1, 0.15) is 37.4 Å². The van der Waals surface area contributed by atoms with Gasteiger partial charge in [-0.1, -0.05) is 25.5 Å². The maximum Gasteiger partial charge on any atom is 0.399 e. The molecule has 1 aliphatic rings. The van der Waals surface area contributed by atoms with Gasteiger partial charge in [0.05, 0.1) is 5.69 Å². The lowest BCUT2D eigenvalue weighted by Gasteiger charge is -2.02. The normalized spacial score (nSPS) is 14.4. The van der Waals surface area contributed by atoms with Crippen LogP contribution in [0.2, 0.25) is 0 Å². The second-order valence-corrected chi connectivity index (χ2v) is 5.26. The Morgan fingerprint density at radius 2 is 2.10 bits per heavy atom. The molecule has 0 amide bonds. The van der Waals surface area contributed by atoms with E-state index in [0.29, 0.717) is 12.1 Å². The summed E-state index contributed by atoms with van der Waals surface area (Å²) >= 11 is 0. The summed E-state index contributed by atoms with van der Waals surface area (Å²) in [5, 5.41) is 3.39. The van der Waals surface area contributed by atoms with E-state index in [9.17, 15) is 0 Å².